The second-order valence-corrected chi connectivity index (χ2v) is 7.48. The molecular formula is C15H24N2O3S. The number of nitrogens with two attached hydrogens (primary N) is 1. The van der Waals surface area contributed by atoms with Crippen LogP contribution in [0.1, 0.15) is 26.2 Å². The summed E-state index contributed by atoms with van der Waals surface area (Å²) < 4.78 is 32.1. The van der Waals surface area contributed by atoms with E-state index in [0.717, 1.165) is 19.3 Å². The third kappa shape index (κ3) is 3.75. The maximum atomic E-state index is 12.6. The molecule has 0 radical (unpaired) electrons. The Bertz CT molecular complexity index is 553. The van der Waals surface area contributed by atoms with Gasteiger partial charge in [0, 0.05) is 19.6 Å². The molecule has 1 aliphatic rings. The molecule has 1 unspecified atom stereocenters. The van der Waals surface area contributed by atoms with Crippen LogP contribution in [0.2, 0.25) is 0 Å². The van der Waals surface area contributed by atoms with Crippen LogP contribution in [-0.2, 0) is 10.0 Å². The Kier molecular flexibility index (Phi) is 5.24. The lowest BCUT2D eigenvalue weighted by molar-refractivity contribution is 0.317. The summed E-state index contributed by atoms with van der Waals surface area (Å²) in [5, 5.41) is 0. The van der Waals surface area contributed by atoms with Crippen molar-refractivity contribution >= 4 is 10.0 Å². The Balaban J connectivity index is 2.14. The molecule has 0 spiro atoms. The molecule has 1 aromatic rings. The van der Waals surface area contributed by atoms with Crippen LogP contribution < -0.4 is 10.5 Å². The molecule has 0 saturated heterocycles. The SMILES string of the molecule is CCCOc1ccc(S(=O)(=O)N(C)C(CN)C2CC2)cc1. The molecule has 2 N–H and O–H groups in total. The first-order chi connectivity index (χ1) is 10.0. The molecule has 0 bridgehead atoms. The highest BCUT2D eigenvalue weighted by atomic mass is 32.2. The molecule has 2 rings (SSSR count). The smallest absolute Gasteiger partial charge is 0.243 e. The Hall–Kier alpha value is -1.11. The van der Waals surface area contributed by atoms with Crippen molar-refractivity contribution in [2.24, 2.45) is 11.7 Å². The molecule has 1 atom stereocenters. The predicted molar refractivity (Wildman–Crippen MR) is 82.7 cm³/mol. The molecule has 6 heteroatoms. The van der Waals surface area contributed by atoms with Crippen molar-refractivity contribution in [1.29, 1.82) is 0 Å². The van der Waals surface area contributed by atoms with Gasteiger partial charge in [-0.15, -0.1) is 0 Å². The Morgan fingerprint density at radius 1 is 1.33 bits per heavy atom. The van der Waals surface area contributed by atoms with Crippen LogP contribution in [0.25, 0.3) is 0 Å². The molecule has 0 aliphatic heterocycles. The zero-order valence-corrected chi connectivity index (χ0v) is 13.5. The average Bonchev–Trinajstić information content (AvgIpc) is 3.31. The first kappa shape index (κ1) is 16.3. The van der Waals surface area contributed by atoms with Gasteiger partial charge in [0.15, 0.2) is 0 Å². The van der Waals surface area contributed by atoms with Crippen molar-refractivity contribution in [3.63, 3.8) is 0 Å². The van der Waals surface area contributed by atoms with Gasteiger partial charge >= 0.3 is 0 Å². The summed E-state index contributed by atoms with van der Waals surface area (Å²) in [6, 6.07) is 6.48. The summed E-state index contributed by atoms with van der Waals surface area (Å²) in [5.41, 5.74) is 5.74. The summed E-state index contributed by atoms with van der Waals surface area (Å²) in [7, 11) is -1.88. The van der Waals surface area contributed by atoms with Gasteiger partial charge in [0.05, 0.1) is 11.5 Å². The van der Waals surface area contributed by atoms with Crippen LogP contribution in [-0.4, -0.2) is 39.0 Å². The molecular weight excluding hydrogens is 288 g/mol. The van der Waals surface area contributed by atoms with E-state index in [9.17, 15) is 8.42 Å². The van der Waals surface area contributed by atoms with Crippen molar-refractivity contribution in [3.8, 4) is 5.75 Å². The number of benzene rings is 1. The van der Waals surface area contributed by atoms with Crippen molar-refractivity contribution in [3.05, 3.63) is 24.3 Å². The molecule has 5 nitrogen and oxygen atoms in total. The van der Waals surface area contributed by atoms with Crippen LogP contribution in [0.4, 0.5) is 0 Å². The zero-order valence-electron chi connectivity index (χ0n) is 12.7. The van der Waals surface area contributed by atoms with E-state index in [2.05, 4.69) is 0 Å². The normalized spacial score (nSPS) is 17.0. The minimum absolute atomic E-state index is 0.106. The van der Waals surface area contributed by atoms with E-state index in [1.807, 2.05) is 6.92 Å². The van der Waals surface area contributed by atoms with E-state index in [4.69, 9.17) is 10.5 Å². The standard InChI is InChI=1S/C15H24N2O3S/c1-3-10-20-13-6-8-14(9-7-13)21(18,19)17(2)15(11-16)12-4-5-12/h6-9,12,15H,3-5,10-11,16H2,1-2H3. The van der Waals surface area contributed by atoms with Gasteiger partial charge in [0.2, 0.25) is 10.0 Å². The molecule has 1 fully saturated rings. The maximum absolute atomic E-state index is 12.6. The molecule has 118 valence electrons. The van der Waals surface area contributed by atoms with Gasteiger partial charge in [-0.3, -0.25) is 0 Å². The van der Waals surface area contributed by atoms with Gasteiger partial charge < -0.3 is 10.5 Å². The highest BCUT2D eigenvalue weighted by Gasteiger charge is 2.38. The fourth-order valence-corrected chi connectivity index (χ4v) is 3.82. The van der Waals surface area contributed by atoms with E-state index in [1.54, 1.807) is 31.3 Å². The molecule has 1 aliphatic carbocycles. The van der Waals surface area contributed by atoms with Gasteiger partial charge in [-0.2, -0.15) is 4.31 Å². The van der Waals surface area contributed by atoms with E-state index in [1.165, 1.54) is 4.31 Å². The van der Waals surface area contributed by atoms with E-state index in [-0.39, 0.29) is 10.9 Å². The quantitative estimate of drug-likeness (QED) is 0.795. The third-order valence-electron chi connectivity index (χ3n) is 3.85. The van der Waals surface area contributed by atoms with E-state index in [0.29, 0.717) is 24.8 Å². The highest BCUT2D eigenvalue weighted by Crippen LogP contribution is 2.36. The summed E-state index contributed by atoms with van der Waals surface area (Å²) in [5.74, 6) is 1.10. The number of likely N-dealkylation sites (N-methyl/N-ethyl adjacent to an activating group) is 1. The number of ether oxygens (including phenoxy) is 1. The molecule has 1 aromatic carbocycles. The number of nitrogens with zero attached hydrogens (tertiary/aromatic N) is 1. The van der Waals surface area contributed by atoms with Crippen LogP contribution in [0.15, 0.2) is 29.2 Å². The van der Waals surface area contributed by atoms with Gasteiger partial charge in [-0.05, 0) is 49.4 Å². The average molecular weight is 312 g/mol. The van der Waals surface area contributed by atoms with Gasteiger partial charge in [0.25, 0.3) is 0 Å². The summed E-state index contributed by atoms with van der Waals surface area (Å²) in [6.45, 7) is 3.01. The minimum atomic E-state index is -3.49. The van der Waals surface area contributed by atoms with E-state index >= 15 is 0 Å². The van der Waals surface area contributed by atoms with Crippen molar-refractivity contribution < 1.29 is 13.2 Å². The van der Waals surface area contributed by atoms with Gasteiger partial charge in [0.1, 0.15) is 5.75 Å². The minimum Gasteiger partial charge on any atom is -0.494 e. The summed E-state index contributed by atoms with van der Waals surface area (Å²) >= 11 is 0. The van der Waals surface area contributed by atoms with Gasteiger partial charge in [-0.25, -0.2) is 8.42 Å². The number of rotatable bonds is 8. The van der Waals surface area contributed by atoms with Crippen LogP contribution in [0, 0.1) is 5.92 Å². The fourth-order valence-electron chi connectivity index (χ4n) is 2.39. The predicted octanol–water partition coefficient (Wildman–Crippen LogP) is 1.83. The fraction of sp³-hybridized carbons (Fsp3) is 0.600. The number of sulfonamides is 1. The molecule has 0 aromatic heterocycles. The van der Waals surface area contributed by atoms with Gasteiger partial charge in [-0.1, -0.05) is 6.92 Å². The third-order valence-corrected chi connectivity index (χ3v) is 5.75. The lowest BCUT2D eigenvalue weighted by Gasteiger charge is -2.26. The Morgan fingerprint density at radius 3 is 2.43 bits per heavy atom. The zero-order chi connectivity index (χ0) is 15.5. The Morgan fingerprint density at radius 2 is 1.95 bits per heavy atom. The molecule has 21 heavy (non-hydrogen) atoms. The van der Waals surface area contributed by atoms with Crippen LogP contribution in [0.5, 0.6) is 5.75 Å². The number of hydrogen-bond donors (Lipinski definition) is 1. The summed E-state index contributed by atoms with van der Waals surface area (Å²) in [4.78, 5) is 0.285. The summed E-state index contributed by atoms with van der Waals surface area (Å²) in [6.07, 6.45) is 3.04. The second-order valence-electron chi connectivity index (χ2n) is 5.48. The first-order valence-electron chi connectivity index (χ1n) is 7.41. The second kappa shape index (κ2) is 6.77. The molecule has 0 heterocycles. The van der Waals surface area contributed by atoms with Crippen LogP contribution in [0.3, 0.4) is 0 Å². The Labute approximate surface area is 127 Å². The first-order valence-corrected chi connectivity index (χ1v) is 8.85. The van der Waals surface area contributed by atoms with Crippen molar-refractivity contribution in [1.82, 2.24) is 4.31 Å². The monoisotopic (exact) mass is 312 g/mol. The highest BCUT2D eigenvalue weighted by molar-refractivity contribution is 7.89. The van der Waals surface area contributed by atoms with E-state index < -0.39 is 10.0 Å². The largest absolute Gasteiger partial charge is 0.494 e. The maximum Gasteiger partial charge on any atom is 0.243 e. The number of hydrogen-bond acceptors (Lipinski definition) is 4. The molecule has 0 amide bonds. The van der Waals surface area contributed by atoms with Crippen molar-refractivity contribution in [2.45, 2.75) is 37.1 Å². The molecule has 1 saturated carbocycles. The lowest BCUT2D eigenvalue weighted by atomic mass is 10.2. The van der Waals surface area contributed by atoms with Crippen LogP contribution >= 0.6 is 0 Å². The van der Waals surface area contributed by atoms with Crippen molar-refractivity contribution in [2.75, 3.05) is 20.2 Å². The lowest BCUT2D eigenvalue weighted by Crippen LogP contribution is -2.43. The topological polar surface area (TPSA) is 72.6 Å².